The Bertz CT molecular complexity index is 690. The first-order valence-electron chi connectivity index (χ1n) is 10.2. The zero-order valence-electron chi connectivity index (χ0n) is 16.6. The molecule has 146 valence electrons. The average Bonchev–Trinajstić information content (AvgIpc) is 2.58. The van der Waals surface area contributed by atoms with E-state index in [-0.39, 0.29) is 17.2 Å². The zero-order chi connectivity index (χ0) is 19.2. The van der Waals surface area contributed by atoms with Crippen molar-refractivity contribution in [3.8, 4) is 0 Å². The van der Waals surface area contributed by atoms with Gasteiger partial charge in [0.25, 0.3) is 11.8 Å². The van der Waals surface area contributed by atoms with Crippen LogP contribution < -0.4 is 10.7 Å². The molecular formula is C22H31N3O2. The minimum atomic E-state index is -0.470. The minimum Gasteiger partial charge on any atom is -0.340 e. The third-order valence-electron chi connectivity index (χ3n) is 6.88. The Kier molecular flexibility index (Phi) is 4.75. The molecule has 5 nitrogen and oxygen atoms in total. The smallest absolute Gasteiger partial charge is 0.257 e. The van der Waals surface area contributed by atoms with Crippen molar-refractivity contribution in [1.82, 2.24) is 15.8 Å². The lowest BCUT2D eigenvalue weighted by Crippen LogP contribution is -2.63. The summed E-state index contributed by atoms with van der Waals surface area (Å²) in [6.07, 6.45) is 7.14. The van der Waals surface area contributed by atoms with E-state index in [0.717, 1.165) is 42.6 Å². The summed E-state index contributed by atoms with van der Waals surface area (Å²) in [5.41, 5.74) is 4.56. The molecule has 4 bridgehead atoms. The second-order valence-corrected chi connectivity index (χ2v) is 9.42. The third kappa shape index (κ3) is 3.62. The van der Waals surface area contributed by atoms with Gasteiger partial charge in [0.2, 0.25) is 0 Å². The highest BCUT2D eigenvalue weighted by atomic mass is 16.2. The fourth-order valence-electron chi connectivity index (χ4n) is 6.23. The Morgan fingerprint density at radius 3 is 2.00 bits per heavy atom. The summed E-state index contributed by atoms with van der Waals surface area (Å²) >= 11 is 0. The number of benzene rings is 1. The Morgan fingerprint density at radius 1 is 1.00 bits per heavy atom. The number of amides is 2. The van der Waals surface area contributed by atoms with E-state index in [1.54, 1.807) is 5.01 Å². The van der Waals surface area contributed by atoms with Crippen molar-refractivity contribution in [2.45, 2.75) is 51.5 Å². The van der Waals surface area contributed by atoms with Crippen LogP contribution in [0.15, 0.2) is 24.3 Å². The lowest BCUT2D eigenvalue weighted by molar-refractivity contribution is -0.138. The van der Waals surface area contributed by atoms with Gasteiger partial charge in [0.05, 0.1) is 0 Å². The van der Waals surface area contributed by atoms with Crippen molar-refractivity contribution >= 4 is 11.8 Å². The Balaban J connectivity index is 1.60. The van der Waals surface area contributed by atoms with Crippen LogP contribution in [0.5, 0.6) is 0 Å². The quantitative estimate of drug-likeness (QED) is 0.785. The number of carbonyl (C=O) groups excluding carboxylic acids is 2. The third-order valence-corrected chi connectivity index (χ3v) is 6.88. The fourth-order valence-corrected chi connectivity index (χ4v) is 6.23. The molecule has 0 saturated heterocycles. The van der Waals surface area contributed by atoms with Gasteiger partial charge in [-0.05, 0) is 75.3 Å². The van der Waals surface area contributed by atoms with Gasteiger partial charge in [-0.3, -0.25) is 15.0 Å². The highest BCUT2D eigenvalue weighted by molar-refractivity contribution is 5.97. The number of rotatable bonds is 5. The second kappa shape index (κ2) is 6.93. The van der Waals surface area contributed by atoms with E-state index in [0.29, 0.717) is 5.56 Å². The van der Waals surface area contributed by atoms with E-state index in [1.807, 2.05) is 45.3 Å². The molecule has 0 spiro atoms. The van der Waals surface area contributed by atoms with Gasteiger partial charge in [-0.25, -0.2) is 5.01 Å². The van der Waals surface area contributed by atoms with Crippen molar-refractivity contribution in [2.75, 3.05) is 14.1 Å². The summed E-state index contributed by atoms with van der Waals surface area (Å²) < 4.78 is 0. The molecule has 0 aromatic heterocycles. The van der Waals surface area contributed by atoms with Crippen LogP contribution in [0.2, 0.25) is 0 Å². The van der Waals surface area contributed by atoms with Crippen molar-refractivity contribution in [3.05, 3.63) is 35.4 Å². The molecule has 4 aliphatic carbocycles. The lowest BCUT2D eigenvalue weighted by Gasteiger charge is -2.59. The van der Waals surface area contributed by atoms with Gasteiger partial charge in [0.15, 0.2) is 0 Å². The van der Waals surface area contributed by atoms with Crippen LogP contribution in [0, 0.1) is 30.1 Å². The van der Waals surface area contributed by atoms with Gasteiger partial charge < -0.3 is 5.32 Å². The standard InChI is InChI=1S/C22H31N3O2/c1-14-4-6-18(7-5-14)20(26)23-19(21(27)24-25(2)3)22-11-15-8-16(12-22)10-17(9-15)13-22/h4-7,15-17,19H,8-13H2,1-3H3,(H,23,26)(H,24,27)/t15?,16?,17?,19-,22?/m0/s1. The van der Waals surface area contributed by atoms with Gasteiger partial charge in [-0.2, -0.15) is 0 Å². The van der Waals surface area contributed by atoms with Crippen molar-refractivity contribution in [3.63, 3.8) is 0 Å². The number of aryl methyl sites for hydroxylation is 1. The maximum absolute atomic E-state index is 13.1. The van der Waals surface area contributed by atoms with Gasteiger partial charge in [-0.15, -0.1) is 0 Å². The van der Waals surface area contributed by atoms with Crippen LogP contribution in [0.25, 0.3) is 0 Å². The first-order chi connectivity index (χ1) is 12.8. The molecule has 2 amide bonds. The van der Waals surface area contributed by atoms with Crippen LogP contribution in [0.3, 0.4) is 0 Å². The maximum Gasteiger partial charge on any atom is 0.257 e. The molecule has 1 atom stereocenters. The SMILES string of the molecule is Cc1ccc(C(=O)N[C@@H](C(=O)NN(C)C)C23CC4CC(CC(C4)C2)C3)cc1. The van der Waals surface area contributed by atoms with Crippen LogP contribution in [0.4, 0.5) is 0 Å². The van der Waals surface area contributed by atoms with Crippen LogP contribution >= 0.6 is 0 Å². The average molecular weight is 370 g/mol. The van der Waals surface area contributed by atoms with E-state index in [4.69, 9.17) is 0 Å². The molecule has 4 aliphatic rings. The molecule has 4 saturated carbocycles. The Labute approximate surface area is 161 Å². The Morgan fingerprint density at radius 2 is 1.52 bits per heavy atom. The van der Waals surface area contributed by atoms with Gasteiger partial charge in [0.1, 0.15) is 6.04 Å². The molecule has 0 aliphatic heterocycles. The van der Waals surface area contributed by atoms with E-state index in [2.05, 4.69) is 10.7 Å². The van der Waals surface area contributed by atoms with Crippen LogP contribution in [-0.2, 0) is 4.79 Å². The topological polar surface area (TPSA) is 61.4 Å². The number of hydrogen-bond acceptors (Lipinski definition) is 3. The molecule has 1 aromatic carbocycles. The number of nitrogens with zero attached hydrogens (tertiary/aromatic N) is 1. The van der Waals surface area contributed by atoms with Crippen molar-refractivity contribution < 1.29 is 9.59 Å². The fraction of sp³-hybridized carbons (Fsp3) is 0.636. The Hall–Kier alpha value is -1.88. The number of hydrazine groups is 1. The molecule has 27 heavy (non-hydrogen) atoms. The van der Waals surface area contributed by atoms with E-state index in [9.17, 15) is 9.59 Å². The second-order valence-electron chi connectivity index (χ2n) is 9.42. The molecular weight excluding hydrogens is 338 g/mol. The maximum atomic E-state index is 13.1. The summed E-state index contributed by atoms with van der Waals surface area (Å²) in [5.74, 6) is 1.94. The highest BCUT2D eigenvalue weighted by Crippen LogP contribution is 2.61. The highest BCUT2D eigenvalue weighted by Gasteiger charge is 2.56. The summed E-state index contributed by atoms with van der Waals surface area (Å²) in [4.78, 5) is 26.1. The van der Waals surface area contributed by atoms with Gasteiger partial charge >= 0.3 is 0 Å². The summed E-state index contributed by atoms with van der Waals surface area (Å²) in [6.45, 7) is 2.00. The number of carbonyl (C=O) groups is 2. The predicted octanol–water partition coefficient (Wildman–Crippen LogP) is 2.90. The summed E-state index contributed by atoms with van der Waals surface area (Å²) in [6, 6.07) is 7.08. The van der Waals surface area contributed by atoms with E-state index < -0.39 is 6.04 Å². The number of nitrogens with one attached hydrogen (secondary N) is 2. The van der Waals surface area contributed by atoms with Crippen LogP contribution in [-0.4, -0.2) is 37.0 Å². The normalized spacial score (nSPS) is 32.4. The van der Waals surface area contributed by atoms with E-state index in [1.165, 1.54) is 19.3 Å². The monoisotopic (exact) mass is 369 g/mol. The van der Waals surface area contributed by atoms with Crippen molar-refractivity contribution in [1.29, 1.82) is 0 Å². The molecule has 4 fully saturated rings. The molecule has 0 heterocycles. The summed E-state index contributed by atoms with van der Waals surface area (Å²) in [7, 11) is 3.63. The molecule has 2 N–H and O–H groups in total. The summed E-state index contributed by atoms with van der Waals surface area (Å²) in [5, 5.41) is 4.81. The molecule has 1 aromatic rings. The molecule has 5 rings (SSSR count). The number of hydrogen-bond donors (Lipinski definition) is 2. The van der Waals surface area contributed by atoms with Crippen LogP contribution in [0.1, 0.15) is 54.4 Å². The largest absolute Gasteiger partial charge is 0.340 e. The lowest BCUT2D eigenvalue weighted by atomic mass is 9.47. The van der Waals surface area contributed by atoms with Gasteiger partial charge in [0, 0.05) is 25.1 Å². The molecule has 0 unspecified atom stereocenters. The molecule has 5 heteroatoms. The first kappa shape index (κ1) is 18.5. The minimum absolute atomic E-state index is 0.0811. The van der Waals surface area contributed by atoms with E-state index >= 15 is 0 Å². The molecule has 0 radical (unpaired) electrons. The first-order valence-corrected chi connectivity index (χ1v) is 10.2. The van der Waals surface area contributed by atoms with Crippen molar-refractivity contribution in [2.24, 2.45) is 23.2 Å². The van der Waals surface area contributed by atoms with Gasteiger partial charge in [-0.1, -0.05) is 17.7 Å². The zero-order valence-corrected chi connectivity index (χ0v) is 16.6. The predicted molar refractivity (Wildman–Crippen MR) is 105 cm³/mol.